The van der Waals surface area contributed by atoms with Gasteiger partial charge in [-0.1, -0.05) is 72.3 Å². The number of hydrogen-bond donors (Lipinski definition) is 1. The van der Waals surface area contributed by atoms with E-state index in [9.17, 15) is 9.59 Å². The maximum absolute atomic E-state index is 13.4. The molecule has 1 heterocycles. The minimum atomic E-state index is -0.626. The third-order valence-electron chi connectivity index (χ3n) is 5.80. The van der Waals surface area contributed by atoms with Crippen molar-refractivity contribution in [3.63, 3.8) is 0 Å². The third kappa shape index (κ3) is 6.01. The van der Waals surface area contributed by atoms with Gasteiger partial charge < -0.3 is 10.2 Å². The van der Waals surface area contributed by atoms with Gasteiger partial charge >= 0.3 is 0 Å². The third-order valence-corrected chi connectivity index (χ3v) is 6.51. The van der Waals surface area contributed by atoms with E-state index in [1.165, 1.54) is 5.56 Å². The molecule has 5 nitrogen and oxygen atoms in total. The second kappa shape index (κ2) is 11.3. The van der Waals surface area contributed by atoms with E-state index < -0.39 is 6.04 Å². The highest BCUT2D eigenvalue weighted by atomic mass is 35.5. The molecule has 0 aromatic heterocycles. The van der Waals surface area contributed by atoms with Crippen LogP contribution in [0, 0.1) is 0 Å². The highest BCUT2D eigenvalue weighted by molar-refractivity contribution is 7.80. The van der Waals surface area contributed by atoms with Crippen molar-refractivity contribution in [3.8, 4) is 0 Å². The number of aryl methyl sites for hydroxylation is 1. The van der Waals surface area contributed by atoms with Crippen molar-refractivity contribution in [3.05, 3.63) is 101 Å². The number of benzene rings is 3. The number of rotatable bonds is 9. The standard InChI is InChI=1S/C27H26ClN3O2S/c28-22-13-15-23(16-14-22)29-25(32)18-24-26(33)31(19-21-10-5-2-6-11-21)27(34)30(24)17-7-12-20-8-3-1-4-9-20/h1-6,8-11,13-16,24H,7,12,17-19H2,(H,29,32)/t24-/m1/s1. The van der Waals surface area contributed by atoms with E-state index in [1.807, 2.05) is 53.4 Å². The van der Waals surface area contributed by atoms with Crippen LogP contribution in [-0.2, 0) is 22.6 Å². The second-order valence-electron chi connectivity index (χ2n) is 8.25. The Kier molecular flexibility index (Phi) is 7.93. The summed E-state index contributed by atoms with van der Waals surface area (Å²) in [4.78, 5) is 29.7. The van der Waals surface area contributed by atoms with Crippen molar-refractivity contribution in [1.82, 2.24) is 9.80 Å². The van der Waals surface area contributed by atoms with E-state index in [0.717, 1.165) is 18.4 Å². The molecule has 7 heteroatoms. The Morgan fingerprint density at radius 3 is 2.18 bits per heavy atom. The Morgan fingerprint density at radius 2 is 1.53 bits per heavy atom. The molecule has 0 aliphatic carbocycles. The lowest BCUT2D eigenvalue weighted by molar-refractivity contribution is -0.131. The van der Waals surface area contributed by atoms with Crippen LogP contribution in [0.1, 0.15) is 24.0 Å². The Balaban J connectivity index is 1.47. The summed E-state index contributed by atoms with van der Waals surface area (Å²) in [7, 11) is 0. The Hall–Kier alpha value is -3.22. The SMILES string of the molecule is O=C(C[C@@H]1C(=O)N(Cc2ccccc2)C(=S)N1CCCc1ccccc1)Nc1ccc(Cl)cc1. The van der Waals surface area contributed by atoms with Crippen molar-refractivity contribution in [1.29, 1.82) is 0 Å². The molecule has 34 heavy (non-hydrogen) atoms. The van der Waals surface area contributed by atoms with E-state index >= 15 is 0 Å². The summed E-state index contributed by atoms with van der Waals surface area (Å²) in [6, 6.07) is 26.2. The number of hydrogen-bond acceptors (Lipinski definition) is 3. The van der Waals surface area contributed by atoms with Crippen LogP contribution < -0.4 is 5.32 Å². The molecular weight excluding hydrogens is 466 g/mol. The van der Waals surface area contributed by atoms with Gasteiger partial charge in [-0.2, -0.15) is 0 Å². The topological polar surface area (TPSA) is 52.7 Å². The van der Waals surface area contributed by atoms with Crippen LogP contribution in [-0.4, -0.2) is 39.3 Å². The van der Waals surface area contributed by atoms with Crippen LogP contribution >= 0.6 is 23.8 Å². The quantitative estimate of drug-likeness (QED) is 0.413. The molecular formula is C27H26ClN3O2S. The van der Waals surface area contributed by atoms with Crippen LogP contribution in [0.4, 0.5) is 5.69 Å². The average molecular weight is 492 g/mol. The zero-order chi connectivity index (χ0) is 23.9. The van der Waals surface area contributed by atoms with Gasteiger partial charge in [-0.05, 0) is 60.5 Å². The summed E-state index contributed by atoms with van der Waals surface area (Å²) in [5.74, 6) is -0.377. The molecule has 1 aliphatic heterocycles. The van der Waals surface area contributed by atoms with Gasteiger partial charge in [0.2, 0.25) is 5.91 Å². The number of amides is 2. The molecule has 1 N–H and O–H groups in total. The van der Waals surface area contributed by atoms with Crippen LogP contribution in [0.2, 0.25) is 5.02 Å². The van der Waals surface area contributed by atoms with Gasteiger partial charge in [0.25, 0.3) is 5.91 Å². The highest BCUT2D eigenvalue weighted by Gasteiger charge is 2.42. The van der Waals surface area contributed by atoms with E-state index in [-0.39, 0.29) is 18.2 Å². The van der Waals surface area contributed by atoms with Crippen LogP contribution in [0.25, 0.3) is 0 Å². The highest BCUT2D eigenvalue weighted by Crippen LogP contribution is 2.24. The average Bonchev–Trinajstić information content (AvgIpc) is 3.06. The maximum atomic E-state index is 13.4. The van der Waals surface area contributed by atoms with E-state index in [4.69, 9.17) is 23.8 Å². The molecule has 4 rings (SSSR count). The van der Waals surface area contributed by atoms with Gasteiger partial charge in [-0.15, -0.1) is 0 Å². The van der Waals surface area contributed by atoms with Gasteiger partial charge in [0.15, 0.2) is 5.11 Å². The molecule has 1 atom stereocenters. The van der Waals surface area contributed by atoms with E-state index in [2.05, 4.69) is 17.4 Å². The summed E-state index contributed by atoms with van der Waals surface area (Å²) in [6.45, 7) is 0.993. The lowest BCUT2D eigenvalue weighted by Crippen LogP contribution is -2.38. The predicted octanol–water partition coefficient (Wildman–Crippen LogP) is 5.30. The molecule has 1 saturated heterocycles. The zero-order valence-corrected chi connectivity index (χ0v) is 20.3. The van der Waals surface area contributed by atoms with E-state index in [0.29, 0.717) is 28.9 Å². The first kappa shape index (κ1) is 23.9. The minimum absolute atomic E-state index is 0.0260. The summed E-state index contributed by atoms with van der Waals surface area (Å²) in [6.07, 6.45) is 1.72. The zero-order valence-electron chi connectivity index (χ0n) is 18.7. The van der Waals surface area contributed by atoms with Crippen LogP contribution in [0.15, 0.2) is 84.9 Å². The van der Waals surface area contributed by atoms with Crippen molar-refractivity contribution in [2.45, 2.75) is 31.8 Å². The van der Waals surface area contributed by atoms with Gasteiger partial charge in [0.05, 0.1) is 13.0 Å². The monoisotopic (exact) mass is 491 g/mol. The van der Waals surface area contributed by atoms with Crippen LogP contribution in [0.3, 0.4) is 0 Å². The lowest BCUT2D eigenvalue weighted by atomic mass is 10.1. The lowest BCUT2D eigenvalue weighted by Gasteiger charge is -2.24. The largest absolute Gasteiger partial charge is 0.336 e. The molecule has 174 valence electrons. The summed E-state index contributed by atoms with van der Waals surface area (Å²) in [5.41, 5.74) is 2.87. The molecule has 0 radical (unpaired) electrons. The maximum Gasteiger partial charge on any atom is 0.252 e. The molecule has 0 saturated carbocycles. The first-order valence-corrected chi connectivity index (χ1v) is 12.0. The first-order valence-electron chi connectivity index (χ1n) is 11.3. The molecule has 3 aromatic rings. The summed E-state index contributed by atoms with van der Waals surface area (Å²) in [5, 5.41) is 3.93. The van der Waals surface area contributed by atoms with Gasteiger partial charge in [0, 0.05) is 17.3 Å². The number of nitrogens with zero attached hydrogens (tertiary/aromatic N) is 2. The molecule has 3 aromatic carbocycles. The number of carbonyl (C=O) groups is 2. The fraction of sp³-hybridized carbons (Fsp3) is 0.222. The minimum Gasteiger partial charge on any atom is -0.336 e. The smallest absolute Gasteiger partial charge is 0.252 e. The summed E-state index contributed by atoms with van der Waals surface area (Å²) < 4.78 is 0. The van der Waals surface area contributed by atoms with Crippen LogP contribution in [0.5, 0.6) is 0 Å². The Labute approximate surface area is 210 Å². The van der Waals surface area contributed by atoms with Crippen molar-refractivity contribution in [2.24, 2.45) is 0 Å². The fourth-order valence-corrected chi connectivity index (χ4v) is 4.57. The Morgan fingerprint density at radius 1 is 0.912 bits per heavy atom. The van der Waals surface area contributed by atoms with Gasteiger partial charge in [0.1, 0.15) is 6.04 Å². The van der Waals surface area contributed by atoms with Crippen molar-refractivity contribution >= 4 is 46.4 Å². The second-order valence-corrected chi connectivity index (χ2v) is 9.05. The molecule has 0 unspecified atom stereocenters. The molecule has 1 aliphatic rings. The Bertz CT molecular complexity index is 1140. The number of carbonyl (C=O) groups excluding carboxylic acids is 2. The van der Waals surface area contributed by atoms with E-state index in [1.54, 1.807) is 29.2 Å². The number of halogens is 1. The number of thiocarbonyl (C=S) groups is 1. The van der Waals surface area contributed by atoms with Gasteiger partial charge in [-0.25, -0.2) is 0 Å². The molecule has 0 spiro atoms. The predicted molar refractivity (Wildman–Crippen MR) is 140 cm³/mol. The molecule has 1 fully saturated rings. The fourth-order valence-electron chi connectivity index (χ4n) is 4.08. The van der Waals surface area contributed by atoms with Crippen molar-refractivity contribution < 1.29 is 9.59 Å². The number of nitrogens with one attached hydrogen (secondary N) is 1. The first-order chi connectivity index (χ1) is 16.5. The molecule has 0 bridgehead atoms. The normalized spacial score (nSPS) is 15.6. The molecule has 2 amide bonds. The number of anilines is 1. The summed E-state index contributed by atoms with van der Waals surface area (Å²) >= 11 is 11.7. The van der Waals surface area contributed by atoms with Crippen molar-refractivity contribution in [2.75, 3.05) is 11.9 Å². The van der Waals surface area contributed by atoms with Gasteiger partial charge in [-0.3, -0.25) is 14.5 Å².